The maximum Gasteiger partial charge on any atom is 0.282 e. The summed E-state index contributed by atoms with van der Waals surface area (Å²) < 4.78 is 47.7. The molecule has 0 bridgehead atoms. The van der Waals surface area contributed by atoms with Crippen LogP contribution in [0.1, 0.15) is 25.3 Å². The summed E-state index contributed by atoms with van der Waals surface area (Å²) in [6, 6.07) is 6.44. The molecule has 1 heterocycles. The highest BCUT2D eigenvalue weighted by atomic mass is 32.2. The van der Waals surface area contributed by atoms with Crippen LogP contribution in [0.4, 0.5) is 4.39 Å². The van der Waals surface area contributed by atoms with E-state index in [2.05, 4.69) is 0 Å². The van der Waals surface area contributed by atoms with Crippen LogP contribution in [-0.2, 0) is 21.4 Å². The first kappa shape index (κ1) is 16.8. The zero-order chi connectivity index (χ0) is 16.4. The van der Waals surface area contributed by atoms with E-state index in [0.29, 0.717) is 32.7 Å². The third-order valence-corrected chi connectivity index (χ3v) is 6.35. The maximum atomic E-state index is 13.3. The number of hydrogen-bond acceptors (Lipinski definition) is 3. The SMILES string of the molecule is CC1CN(S(=O)(=O)N(CCc2cccc(F)c2)C2CC2)CCO1. The summed E-state index contributed by atoms with van der Waals surface area (Å²) in [5, 5.41) is 0. The Bertz CT molecular complexity index is 648. The van der Waals surface area contributed by atoms with Crippen molar-refractivity contribution in [2.75, 3.05) is 26.2 Å². The Kier molecular flexibility index (Phi) is 5.01. The molecule has 0 spiro atoms. The minimum atomic E-state index is -3.48. The van der Waals surface area contributed by atoms with Gasteiger partial charge >= 0.3 is 0 Å². The molecule has 5 nitrogen and oxygen atoms in total. The molecule has 2 fully saturated rings. The molecule has 1 unspecified atom stereocenters. The zero-order valence-corrected chi connectivity index (χ0v) is 14.1. The molecule has 7 heteroatoms. The summed E-state index contributed by atoms with van der Waals surface area (Å²) in [6.07, 6.45) is 2.25. The lowest BCUT2D eigenvalue weighted by atomic mass is 10.1. The first-order valence-corrected chi connectivity index (χ1v) is 9.49. The van der Waals surface area contributed by atoms with Gasteiger partial charge in [0.1, 0.15) is 5.82 Å². The van der Waals surface area contributed by atoms with E-state index in [-0.39, 0.29) is 18.0 Å². The molecule has 128 valence electrons. The van der Waals surface area contributed by atoms with E-state index in [1.54, 1.807) is 10.4 Å². The topological polar surface area (TPSA) is 49.9 Å². The van der Waals surface area contributed by atoms with Crippen molar-refractivity contribution in [2.24, 2.45) is 0 Å². The van der Waals surface area contributed by atoms with Gasteiger partial charge in [-0.3, -0.25) is 0 Å². The van der Waals surface area contributed by atoms with Crippen LogP contribution in [0.3, 0.4) is 0 Å². The molecule has 0 amide bonds. The molecule has 1 aliphatic heterocycles. The van der Waals surface area contributed by atoms with Crippen molar-refractivity contribution in [3.63, 3.8) is 0 Å². The van der Waals surface area contributed by atoms with Gasteiger partial charge in [-0.2, -0.15) is 17.0 Å². The van der Waals surface area contributed by atoms with Crippen LogP contribution < -0.4 is 0 Å². The van der Waals surface area contributed by atoms with Crippen LogP contribution in [0.15, 0.2) is 24.3 Å². The number of morpholine rings is 1. The van der Waals surface area contributed by atoms with Gasteiger partial charge in [0, 0.05) is 25.7 Å². The quantitative estimate of drug-likeness (QED) is 0.792. The number of ether oxygens (including phenoxy) is 1. The maximum absolute atomic E-state index is 13.3. The molecule has 3 rings (SSSR count). The Balaban J connectivity index is 1.70. The van der Waals surface area contributed by atoms with Gasteiger partial charge in [-0.15, -0.1) is 0 Å². The molecule has 0 N–H and O–H groups in total. The summed E-state index contributed by atoms with van der Waals surface area (Å²) >= 11 is 0. The highest BCUT2D eigenvalue weighted by molar-refractivity contribution is 7.86. The molecule has 23 heavy (non-hydrogen) atoms. The normalized spacial score (nSPS) is 23.3. The van der Waals surface area contributed by atoms with Crippen molar-refractivity contribution >= 4 is 10.2 Å². The van der Waals surface area contributed by atoms with Crippen molar-refractivity contribution in [1.29, 1.82) is 0 Å². The van der Waals surface area contributed by atoms with Crippen LogP contribution in [0.2, 0.25) is 0 Å². The van der Waals surface area contributed by atoms with Gasteiger partial charge in [0.2, 0.25) is 0 Å². The molecule has 2 aliphatic rings. The smallest absolute Gasteiger partial charge is 0.282 e. The lowest BCUT2D eigenvalue weighted by Crippen LogP contribution is -2.51. The summed E-state index contributed by atoms with van der Waals surface area (Å²) in [5.74, 6) is -0.287. The minimum Gasteiger partial charge on any atom is -0.376 e. The van der Waals surface area contributed by atoms with Crippen LogP contribution in [-0.4, -0.2) is 55.4 Å². The molecule has 1 aromatic rings. The number of rotatable bonds is 6. The summed E-state index contributed by atoms with van der Waals surface area (Å²) in [4.78, 5) is 0. The lowest BCUT2D eigenvalue weighted by Gasteiger charge is -2.34. The summed E-state index contributed by atoms with van der Waals surface area (Å²) in [7, 11) is -3.48. The Morgan fingerprint density at radius 2 is 2.17 bits per heavy atom. The molecule has 1 aliphatic carbocycles. The highest BCUT2D eigenvalue weighted by Gasteiger charge is 2.41. The van der Waals surface area contributed by atoms with Crippen molar-refractivity contribution in [2.45, 2.75) is 38.3 Å². The van der Waals surface area contributed by atoms with Gasteiger partial charge in [0.25, 0.3) is 10.2 Å². The van der Waals surface area contributed by atoms with E-state index in [0.717, 1.165) is 18.4 Å². The van der Waals surface area contributed by atoms with E-state index in [1.165, 1.54) is 16.4 Å². The van der Waals surface area contributed by atoms with E-state index in [1.807, 2.05) is 13.0 Å². The van der Waals surface area contributed by atoms with Gasteiger partial charge in [-0.05, 0) is 43.9 Å². The first-order chi connectivity index (χ1) is 11.0. The average molecular weight is 342 g/mol. The average Bonchev–Trinajstić information content (AvgIpc) is 3.32. The highest BCUT2D eigenvalue weighted by Crippen LogP contribution is 2.31. The molecule has 1 aromatic carbocycles. The standard InChI is InChI=1S/C16H23FN2O3S/c1-13-12-18(9-10-22-13)23(20,21)19(16-5-6-16)8-7-14-3-2-4-15(17)11-14/h2-4,11,13,16H,5-10,12H2,1H3. The zero-order valence-electron chi connectivity index (χ0n) is 13.3. The number of nitrogens with zero attached hydrogens (tertiary/aromatic N) is 2. The summed E-state index contributed by atoms with van der Waals surface area (Å²) in [6.45, 7) is 3.50. The van der Waals surface area contributed by atoms with Gasteiger partial charge < -0.3 is 4.74 Å². The van der Waals surface area contributed by atoms with Gasteiger partial charge in [-0.25, -0.2) is 4.39 Å². The van der Waals surface area contributed by atoms with Crippen molar-refractivity contribution in [1.82, 2.24) is 8.61 Å². The predicted octanol–water partition coefficient (Wildman–Crippen LogP) is 1.80. The van der Waals surface area contributed by atoms with Crippen LogP contribution in [0, 0.1) is 5.82 Å². The largest absolute Gasteiger partial charge is 0.376 e. The number of hydrogen-bond donors (Lipinski definition) is 0. The molecule has 1 saturated heterocycles. The van der Waals surface area contributed by atoms with Crippen LogP contribution in [0.5, 0.6) is 0 Å². The van der Waals surface area contributed by atoms with E-state index in [9.17, 15) is 12.8 Å². The summed E-state index contributed by atoms with van der Waals surface area (Å²) in [5.41, 5.74) is 0.821. The lowest BCUT2D eigenvalue weighted by molar-refractivity contribution is 0.00817. The number of benzene rings is 1. The Morgan fingerprint density at radius 3 is 2.83 bits per heavy atom. The second kappa shape index (κ2) is 6.84. The molecule has 1 atom stereocenters. The van der Waals surface area contributed by atoms with E-state index in [4.69, 9.17) is 4.74 Å². The molecule has 0 aromatic heterocycles. The predicted molar refractivity (Wildman–Crippen MR) is 85.7 cm³/mol. The Hall–Kier alpha value is -1.02. The monoisotopic (exact) mass is 342 g/mol. The number of halogens is 1. The Morgan fingerprint density at radius 1 is 1.39 bits per heavy atom. The Labute approximate surface area is 137 Å². The van der Waals surface area contributed by atoms with Crippen molar-refractivity contribution in [3.8, 4) is 0 Å². The van der Waals surface area contributed by atoms with Crippen LogP contribution >= 0.6 is 0 Å². The minimum absolute atomic E-state index is 0.0807. The fourth-order valence-corrected chi connectivity index (χ4v) is 4.83. The van der Waals surface area contributed by atoms with Crippen LogP contribution in [0.25, 0.3) is 0 Å². The fourth-order valence-electron chi connectivity index (χ4n) is 2.92. The van der Waals surface area contributed by atoms with Gasteiger partial charge in [0.05, 0.1) is 12.7 Å². The van der Waals surface area contributed by atoms with E-state index >= 15 is 0 Å². The van der Waals surface area contributed by atoms with Crippen molar-refractivity contribution < 1.29 is 17.5 Å². The third kappa shape index (κ3) is 4.09. The molecule has 0 radical (unpaired) electrons. The fraction of sp³-hybridized carbons (Fsp3) is 0.625. The molecular weight excluding hydrogens is 319 g/mol. The van der Waals surface area contributed by atoms with Gasteiger partial charge in [-0.1, -0.05) is 12.1 Å². The first-order valence-electron chi connectivity index (χ1n) is 8.10. The van der Waals surface area contributed by atoms with Gasteiger partial charge in [0.15, 0.2) is 0 Å². The van der Waals surface area contributed by atoms with Crippen molar-refractivity contribution in [3.05, 3.63) is 35.6 Å². The molecular formula is C16H23FN2O3S. The second-order valence-corrected chi connectivity index (χ2v) is 8.15. The second-order valence-electron chi connectivity index (χ2n) is 6.27. The molecule has 1 saturated carbocycles. The van der Waals surface area contributed by atoms with E-state index < -0.39 is 10.2 Å². The third-order valence-electron chi connectivity index (χ3n) is 4.29.